The predicted molar refractivity (Wildman–Crippen MR) is 91.7 cm³/mol. The lowest BCUT2D eigenvalue weighted by atomic mass is 10.1. The van der Waals surface area contributed by atoms with Crippen LogP contribution < -0.4 is 0 Å². The van der Waals surface area contributed by atoms with Gasteiger partial charge in [-0.3, -0.25) is 4.79 Å². The number of carbonyl (C=O) groups is 1. The minimum atomic E-state index is -0.0849. The van der Waals surface area contributed by atoms with Crippen molar-refractivity contribution >= 4 is 5.91 Å². The van der Waals surface area contributed by atoms with Crippen molar-refractivity contribution in [2.24, 2.45) is 0 Å². The number of rotatable bonds is 5. The Bertz CT molecular complexity index is 686. The number of aryl methyl sites for hydroxylation is 1. The van der Waals surface area contributed by atoms with Crippen molar-refractivity contribution < 1.29 is 9.32 Å². The van der Waals surface area contributed by atoms with Crippen LogP contribution in [0.4, 0.5) is 0 Å². The number of nitrogens with zero attached hydrogens (tertiary/aromatic N) is 5. The molecule has 3 rings (SSSR count). The third kappa shape index (κ3) is 4.41. The molecular weight excluding hydrogens is 318 g/mol. The molecule has 1 fully saturated rings. The molecule has 1 unspecified atom stereocenters. The van der Waals surface area contributed by atoms with E-state index in [9.17, 15) is 4.79 Å². The van der Waals surface area contributed by atoms with E-state index in [1.165, 1.54) is 6.33 Å². The minimum absolute atomic E-state index is 0.0849. The van der Waals surface area contributed by atoms with Crippen LogP contribution in [0, 0.1) is 0 Å². The quantitative estimate of drug-likeness (QED) is 0.829. The molecular formula is C18H25N5O2. The second-order valence-electron chi connectivity index (χ2n) is 6.84. The highest BCUT2D eigenvalue weighted by molar-refractivity contribution is 5.77. The van der Waals surface area contributed by atoms with E-state index in [4.69, 9.17) is 4.52 Å². The van der Waals surface area contributed by atoms with Crippen LogP contribution in [0.3, 0.4) is 0 Å². The third-order valence-electron chi connectivity index (χ3n) is 4.56. The fourth-order valence-electron chi connectivity index (χ4n) is 3.15. The largest absolute Gasteiger partial charge is 0.339 e. The van der Waals surface area contributed by atoms with Crippen LogP contribution in [0.2, 0.25) is 0 Å². The number of amides is 1. The molecule has 2 aromatic heterocycles. The van der Waals surface area contributed by atoms with Gasteiger partial charge in [0.2, 0.25) is 11.8 Å². The Kier molecular flexibility index (Phi) is 5.73. The maximum Gasteiger partial charge on any atom is 0.229 e. The first-order valence-corrected chi connectivity index (χ1v) is 9.02. The van der Waals surface area contributed by atoms with Gasteiger partial charge in [-0.2, -0.15) is 4.98 Å². The molecule has 134 valence electrons. The highest BCUT2D eigenvalue weighted by Crippen LogP contribution is 2.30. The minimum Gasteiger partial charge on any atom is -0.339 e. The zero-order chi connectivity index (χ0) is 17.6. The first-order valence-electron chi connectivity index (χ1n) is 9.02. The second kappa shape index (κ2) is 8.18. The van der Waals surface area contributed by atoms with Gasteiger partial charge in [0, 0.05) is 31.3 Å². The molecule has 1 aliphatic rings. The van der Waals surface area contributed by atoms with Crippen molar-refractivity contribution in [1.82, 2.24) is 25.0 Å². The molecule has 0 radical (unpaired) electrons. The van der Waals surface area contributed by atoms with Gasteiger partial charge >= 0.3 is 0 Å². The van der Waals surface area contributed by atoms with E-state index in [0.717, 1.165) is 37.8 Å². The van der Waals surface area contributed by atoms with Gasteiger partial charge in [-0.15, -0.1) is 0 Å². The van der Waals surface area contributed by atoms with Gasteiger partial charge in [-0.1, -0.05) is 31.8 Å². The van der Waals surface area contributed by atoms with Crippen LogP contribution in [-0.2, 0) is 11.2 Å². The first-order chi connectivity index (χ1) is 12.1. The van der Waals surface area contributed by atoms with E-state index < -0.39 is 0 Å². The van der Waals surface area contributed by atoms with Crippen molar-refractivity contribution in [1.29, 1.82) is 0 Å². The zero-order valence-electron chi connectivity index (χ0n) is 14.9. The Hall–Kier alpha value is -2.31. The summed E-state index contributed by atoms with van der Waals surface area (Å²) in [7, 11) is 0. The highest BCUT2D eigenvalue weighted by atomic mass is 16.5. The van der Waals surface area contributed by atoms with Gasteiger partial charge in [-0.25, -0.2) is 9.97 Å². The van der Waals surface area contributed by atoms with Crippen molar-refractivity contribution in [2.45, 2.75) is 64.3 Å². The monoisotopic (exact) mass is 343 g/mol. The summed E-state index contributed by atoms with van der Waals surface area (Å²) in [6.07, 6.45) is 10.2. The molecule has 0 aromatic carbocycles. The highest BCUT2D eigenvalue weighted by Gasteiger charge is 2.30. The fourth-order valence-corrected chi connectivity index (χ4v) is 3.15. The van der Waals surface area contributed by atoms with E-state index in [1.54, 1.807) is 12.4 Å². The van der Waals surface area contributed by atoms with E-state index in [1.807, 2.05) is 18.7 Å². The topological polar surface area (TPSA) is 85.0 Å². The number of hydrogen-bond donors (Lipinski definition) is 0. The van der Waals surface area contributed by atoms with Crippen molar-refractivity contribution in [3.8, 4) is 0 Å². The van der Waals surface area contributed by atoms with E-state index in [0.29, 0.717) is 24.6 Å². The Morgan fingerprint density at radius 2 is 2.08 bits per heavy atom. The van der Waals surface area contributed by atoms with Crippen LogP contribution >= 0.6 is 0 Å². The lowest BCUT2D eigenvalue weighted by Gasteiger charge is -2.28. The average molecular weight is 343 g/mol. The Morgan fingerprint density at radius 3 is 2.80 bits per heavy atom. The predicted octanol–water partition coefficient (Wildman–Crippen LogP) is 3.06. The van der Waals surface area contributed by atoms with E-state index in [-0.39, 0.29) is 17.9 Å². The molecule has 7 heteroatoms. The summed E-state index contributed by atoms with van der Waals surface area (Å²) in [4.78, 5) is 27.3. The number of hydrogen-bond acceptors (Lipinski definition) is 6. The molecule has 1 aliphatic heterocycles. The van der Waals surface area contributed by atoms with Gasteiger partial charge < -0.3 is 9.42 Å². The summed E-state index contributed by atoms with van der Waals surface area (Å²) in [5.41, 5.74) is 0.976. The normalized spacial score (nSPS) is 18.4. The molecule has 1 amide bonds. The molecule has 0 bridgehead atoms. The summed E-state index contributed by atoms with van der Waals surface area (Å²) >= 11 is 0. The first kappa shape index (κ1) is 17.5. The lowest BCUT2D eigenvalue weighted by molar-refractivity contribution is -0.133. The zero-order valence-corrected chi connectivity index (χ0v) is 14.9. The number of aromatic nitrogens is 4. The fraction of sp³-hybridized carbons (Fsp3) is 0.611. The van der Waals surface area contributed by atoms with E-state index >= 15 is 0 Å². The summed E-state index contributed by atoms with van der Waals surface area (Å²) in [5, 5.41) is 4.15. The van der Waals surface area contributed by atoms with Crippen LogP contribution in [0.25, 0.3) is 0 Å². The molecule has 25 heavy (non-hydrogen) atoms. The van der Waals surface area contributed by atoms with Gasteiger partial charge in [0.1, 0.15) is 6.33 Å². The third-order valence-corrected chi connectivity index (χ3v) is 4.56. The smallest absolute Gasteiger partial charge is 0.229 e. The average Bonchev–Trinajstić information content (AvgIpc) is 2.99. The second-order valence-corrected chi connectivity index (χ2v) is 6.84. The summed E-state index contributed by atoms with van der Waals surface area (Å²) in [5.74, 6) is 1.59. The molecule has 3 heterocycles. The number of likely N-dealkylation sites (tertiary alicyclic amines) is 1. The maximum atomic E-state index is 12.8. The van der Waals surface area contributed by atoms with Gasteiger partial charge in [-0.05, 0) is 24.8 Å². The molecule has 0 spiro atoms. The molecule has 0 N–H and O–H groups in total. The molecule has 0 saturated carbocycles. The SMILES string of the molecule is CC(C)c1nc(C2CCCCCN2C(=O)CCc2cncnc2)no1. The van der Waals surface area contributed by atoms with Gasteiger partial charge in [0.25, 0.3) is 0 Å². The molecule has 1 atom stereocenters. The lowest BCUT2D eigenvalue weighted by Crippen LogP contribution is -2.35. The maximum absolute atomic E-state index is 12.8. The van der Waals surface area contributed by atoms with E-state index in [2.05, 4.69) is 20.1 Å². The Balaban J connectivity index is 1.71. The summed E-state index contributed by atoms with van der Waals surface area (Å²) in [6, 6.07) is -0.0849. The van der Waals surface area contributed by atoms with Crippen molar-refractivity contribution in [3.05, 3.63) is 36.0 Å². The molecule has 2 aromatic rings. The van der Waals surface area contributed by atoms with Gasteiger partial charge in [0.05, 0.1) is 6.04 Å². The van der Waals surface area contributed by atoms with Crippen LogP contribution in [0.1, 0.15) is 75.2 Å². The van der Waals surface area contributed by atoms with Crippen LogP contribution in [0.5, 0.6) is 0 Å². The number of carbonyl (C=O) groups excluding carboxylic acids is 1. The van der Waals surface area contributed by atoms with Crippen molar-refractivity contribution in [3.63, 3.8) is 0 Å². The Labute approximate surface area is 147 Å². The summed E-state index contributed by atoms with van der Waals surface area (Å²) < 4.78 is 5.36. The molecule has 7 nitrogen and oxygen atoms in total. The Morgan fingerprint density at radius 1 is 1.28 bits per heavy atom. The van der Waals surface area contributed by atoms with Crippen LogP contribution in [-0.4, -0.2) is 37.5 Å². The molecule has 1 saturated heterocycles. The summed E-state index contributed by atoms with van der Waals surface area (Å²) in [6.45, 7) is 4.80. The van der Waals surface area contributed by atoms with Gasteiger partial charge in [0.15, 0.2) is 5.82 Å². The van der Waals surface area contributed by atoms with Crippen LogP contribution in [0.15, 0.2) is 23.2 Å². The molecule has 0 aliphatic carbocycles. The van der Waals surface area contributed by atoms with Crippen molar-refractivity contribution in [2.75, 3.05) is 6.54 Å². The standard InChI is InChI=1S/C18H25N5O2/c1-13(2)18-21-17(22-25-18)15-6-4-3-5-9-23(15)16(24)8-7-14-10-19-12-20-11-14/h10-13,15H,3-9H2,1-2H3.